The number of nitrogens with zero attached hydrogens (tertiary/aromatic N) is 4. The van der Waals surface area contributed by atoms with Gasteiger partial charge in [-0.3, -0.25) is 4.79 Å². The molecule has 0 unspecified atom stereocenters. The molecule has 1 aliphatic rings. The van der Waals surface area contributed by atoms with Crippen molar-refractivity contribution in [2.45, 2.75) is 13.0 Å². The van der Waals surface area contributed by atoms with Crippen molar-refractivity contribution < 1.29 is 4.79 Å². The van der Waals surface area contributed by atoms with E-state index in [4.69, 9.17) is 22.3 Å². The molecule has 1 fully saturated rings. The summed E-state index contributed by atoms with van der Waals surface area (Å²) in [5, 5.41) is 9.13. The summed E-state index contributed by atoms with van der Waals surface area (Å²) in [5.74, 6) is 0.441. The zero-order chi connectivity index (χ0) is 16.8. The van der Waals surface area contributed by atoms with Crippen molar-refractivity contribution in [1.82, 2.24) is 19.9 Å². The Labute approximate surface area is 143 Å². The van der Waals surface area contributed by atoms with Crippen LogP contribution in [0.1, 0.15) is 5.69 Å². The minimum absolute atomic E-state index is 0.358. The molecule has 24 heavy (non-hydrogen) atoms. The first-order valence-electron chi connectivity index (χ1n) is 7.77. The van der Waals surface area contributed by atoms with E-state index in [-0.39, 0.29) is 5.91 Å². The van der Waals surface area contributed by atoms with E-state index < -0.39 is 6.04 Å². The summed E-state index contributed by atoms with van der Waals surface area (Å²) in [6.07, 6.45) is 0. The second-order valence-corrected chi connectivity index (χ2v) is 6.32. The number of anilines is 1. The SMILES string of the molecule is Cc1nn2c(nc(N3CCN[C@H](C(N)=O)C3)c3ccccc32)c1Cl. The molecular weight excluding hydrogens is 328 g/mol. The van der Waals surface area contributed by atoms with Gasteiger partial charge in [0.05, 0.1) is 11.2 Å². The number of carbonyl (C=O) groups is 1. The number of aromatic nitrogens is 3. The molecule has 0 saturated carbocycles. The number of halogens is 1. The van der Waals surface area contributed by atoms with E-state index in [2.05, 4.69) is 15.3 Å². The molecule has 3 aromatic rings. The highest BCUT2D eigenvalue weighted by Crippen LogP contribution is 2.30. The summed E-state index contributed by atoms with van der Waals surface area (Å²) < 4.78 is 1.77. The van der Waals surface area contributed by atoms with Crippen LogP contribution in [-0.4, -0.2) is 46.2 Å². The van der Waals surface area contributed by atoms with Gasteiger partial charge in [0.2, 0.25) is 5.91 Å². The number of hydrogen-bond donors (Lipinski definition) is 2. The normalized spacial score (nSPS) is 18.4. The summed E-state index contributed by atoms with van der Waals surface area (Å²) in [6, 6.07) is 7.52. The number of fused-ring (bicyclic) bond motifs is 3. The van der Waals surface area contributed by atoms with Gasteiger partial charge in [0.1, 0.15) is 16.9 Å². The predicted molar refractivity (Wildman–Crippen MR) is 93.4 cm³/mol. The monoisotopic (exact) mass is 344 g/mol. The molecule has 0 aliphatic carbocycles. The molecule has 8 heteroatoms. The van der Waals surface area contributed by atoms with Crippen LogP contribution in [0.15, 0.2) is 24.3 Å². The topological polar surface area (TPSA) is 88.6 Å². The van der Waals surface area contributed by atoms with Crippen LogP contribution >= 0.6 is 11.6 Å². The van der Waals surface area contributed by atoms with E-state index in [1.54, 1.807) is 4.52 Å². The zero-order valence-electron chi connectivity index (χ0n) is 13.2. The van der Waals surface area contributed by atoms with Gasteiger partial charge in [-0.2, -0.15) is 5.10 Å². The van der Waals surface area contributed by atoms with Crippen LogP contribution in [0.5, 0.6) is 0 Å². The van der Waals surface area contributed by atoms with Crippen LogP contribution in [0, 0.1) is 6.92 Å². The molecule has 3 heterocycles. The van der Waals surface area contributed by atoms with Gasteiger partial charge in [0, 0.05) is 25.0 Å². The van der Waals surface area contributed by atoms with Crippen molar-refractivity contribution in [1.29, 1.82) is 0 Å². The van der Waals surface area contributed by atoms with Crippen molar-refractivity contribution in [2.24, 2.45) is 5.73 Å². The Morgan fingerprint density at radius 2 is 2.21 bits per heavy atom. The number of hydrogen-bond acceptors (Lipinski definition) is 5. The van der Waals surface area contributed by atoms with Crippen molar-refractivity contribution in [3.63, 3.8) is 0 Å². The number of benzene rings is 1. The third kappa shape index (κ3) is 2.28. The molecule has 3 N–H and O–H groups in total. The zero-order valence-corrected chi connectivity index (χ0v) is 13.9. The average Bonchev–Trinajstić information content (AvgIpc) is 2.89. The molecule has 0 radical (unpaired) electrons. The Hall–Kier alpha value is -2.38. The number of amides is 1. The Kier molecular flexibility index (Phi) is 3.54. The van der Waals surface area contributed by atoms with Gasteiger partial charge in [0.25, 0.3) is 0 Å². The van der Waals surface area contributed by atoms with Crippen LogP contribution in [0.2, 0.25) is 5.02 Å². The maximum absolute atomic E-state index is 11.5. The predicted octanol–water partition coefficient (Wildman–Crippen LogP) is 1.11. The maximum Gasteiger partial charge on any atom is 0.236 e. The number of nitrogens with two attached hydrogens (primary N) is 1. The second kappa shape index (κ2) is 5.61. The largest absolute Gasteiger partial charge is 0.368 e. The fraction of sp³-hybridized carbons (Fsp3) is 0.312. The number of aryl methyl sites for hydroxylation is 1. The highest BCUT2D eigenvalue weighted by atomic mass is 35.5. The van der Waals surface area contributed by atoms with Gasteiger partial charge in [-0.25, -0.2) is 9.50 Å². The summed E-state index contributed by atoms with van der Waals surface area (Å²) >= 11 is 6.38. The number of carbonyl (C=O) groups excluding carboxylic acids is 1. The Morgan fingerprint density at radius 1 is 1.42 bits per heavy atom. The first kappa shape index (κ1) is 15.2. The smallest absolute Gasteiger partial charge is 0.236 e. The van der Waals surface area contributed by atoms with Gasteiger partial charge < -0.3 is 16.0 Å². The van der Waals surface area contributed by atoms with E-state index in [1.165, 1.54) is 0 Å². The highest BCUT2D eigenvalue weighted by Gasteiger charge is 2.26. The molecule has 1 saturated heterocycles. The summed E-state index contributed by atoms with van der Waals surface area (Å²) in [7, 11) is 0. The van der Waals surface area contributed by atoms with Gasteiger partial charge >= 0.3 is 0 Å². The lowest BCUT2D eigenvalue weighted by Gasteiger charge is -2.33. The molecule has 1 aromatic carbocycles. The summed E-state index contributed by atoms with van der Waals surface area (Å²) in [5.41, 5.74) is 7.75. The van der Waals surface area contributed by atoms with Crippen molar-refractivity contribution >= 4 is 39.9 Å². The molecule has 1 atom stereocenters. The van der Waals surface area contributed by atoms with E-state index in [9.17, 15) is 4.79 Å². The van der Waals surface area contributed by atoms with E-state index in [1.807, 2.05) is 31.2 Å². The third-order valence-corrected chi connectivity index (χ3v) is 4.81. The first-order chi connectivity index (χ1) is 11.6. The van der Waals surface area contributed by atoms with Crippen molar-refractivity contribution in [3.05, 3.63) is 35.0 Å². The Morgan fingerprint density at radius 3 is 3.00 bits per heavy atom. The van der Waals surface area contributed by atoms with Crippen molar-refractivity contribution in [3.8, 4) is 0 Å². The molecule has 0 spiro atoms. The van der Waals surface area contributed by atoms with Gasteiger partial charge in [0.15, 0.2) is 5.65 Å². The number of nitrogens with one attached hydrogen (secondary N) is 1. The molecule has 0 bridgehead atoms. The van der Waals surface area contributed by atoms with E-state index >= 15 is 0 Å². The first-order valence-corrected chi connectivity index (χ1v) is 8.15. The fourth-order valence-electron chi connectivity index (χ4n) is 3.14. The van der Waals surface area contributed by atoms with E-state index in [0.717, 1.165) is 29.0 Å². The minimum atomic E-state index is -0.391. The molecule has 2 aromatic heterocycles. The number of para-hydroxylation sites is 1. The van der Waals surface area contributed by atoms with Gasteiger partial charge in [-0.15, -0.1) is 0 Å². The highest BCUT2D eigenvalue weighted by molar-refractivity contribution is 6.34. The van der Waals surface area contributed by atoms with Gasteiger partial charge in [-0.1, -0.05) is 23.7 Å². The summed E-state index contributed by atoms with van der Waals surface area (Å²) in [4.78, 5) is 18.4. The molecule has 7 nitrogen and oxygen atoms in total. The lowest BCUT2D eigenvalue weighted by atomic mass is 10.1. The van der Waals surface area contributed by atoms with Crippen LogP contribution in [0.4, 0.5) is 5.82 Å². The summed E-state index contributed by atoms with van der Waals surface area (Å²) in [6.45, 7) is 3.75. The molecule has 1 amide bonds. The maximum atomic E-state index is 11.5. The standard InChI is InChI=1S/C16H17ClN6O/c1-9-13(17)16-20-15(22-7-6-19-11(8-22)14(18)24)10-4-2-3-5-12(10)23(16)21-9/h2-5,11,19H,6-8H2,1H3,(H2,18,24)/t11-/m0/s1. The van der Waals surface area contributed by atoms with Crippen LogP contribution in [0.3, 0.4) is 0 Å². The minimum Gasteiger partial charge on any atom is -0.368 e. The van der Waals surface area contributed by atoms with Crippen LogP contribution in [0.25, 0.3) is 16.6 Å². The average molecular weight is 345 g/mol. The fourth-order valence-corrected chi connectivity index (χ4v) is 3.30. The molecule has 1 aliphatic heterocycles. The number of primary amides is 1. The number of piperazine rings is 1. The lowest BCUT2D eigenvalue weighted by Crippen LogP contribution is -2.56. The second-order valence-electron chi connectivity index (χ2n) is 5.94. The quantitative estimate of drug-likeness (QED) is 0.727. The molecule has 124 valence electrons. The Balaban J connectivity index is 1.93. The van der Waals surface area contributed by atoms with Crippen LogP contribution in [-0.2, 0) is 4.79 Å². The van der Waals surface area contributed by atoms with E-state index in [0.29, 0.717) is 23.8 Å². The molecule has 4 rings (SSSR count). The third-order valence-electron chi connectivity index (χ3n) is 4.37. The lowest BCUT2D eigenvalue weighted by molar-refractivity contribution is -0.120. The Bertz CT molecular complexity index is 953. The van der Waals surface area contributed by atoms with Crippen molar-refractivity contribution in [2.75, 3.05) is 24.5 Å². The van der Waals surface area contributed by atoms with Crippen LogP contribution < -0.4 is 16.0 Å². The molecular formula is C16H17ClN6O. The number of rotatable bonds is 2. The van der Waals surface area contributed by atoms with Gasteiger partial charge in [-0.05, 0) is 19.1 Å².